The molecule has 0 N–H and O–H groups in total. The molecule has 0 aliphatic heterocycles. The molecule has 1 aromatic carbocycles. The Labute approximate surface area is 123 Å². The average Bonchev–Trinajstić information content (AvgIpc) is 2.77. The fourth-order valence-corrected chi connectivity index (χ4v) is 2.90. The fourth-order valence-electron chi connectivity index (χ4n) is 2.73. The number of aryl methyl sites for hydroxylation is 1. The normalized spacial score (nSPS) is 12.4. The molecule has 0 aliphatic rings. The van der Waals surface area contributed by atoms with Crippen molar-refractivity contribution in [2.75, 3.05) is 5.88 Å². The lowest BCUT2D eigenvalue weighted by Crippen LogP contribution is -2.24. The van der Waals surface area contributed by atoms with Gasteiger partial charge in [0.15, 0.2) is 0 Å². The second-order valence-corrected chi connectivity index (χ2v) is 6.36. The molecule has 2 aromatic heterocycles. The van der Waals surface area contributed by atoms with Gasteiger partial charge in [-0.15, -0.1) is 11.6 Å². The average molecular weight is 288 g/mol. The van der Waals surface area contributed by atoms with Gasteiger partial charge in [-0.2, -0.15) is 0 Å². The molecule has 0 radical (unpaired) electrons. The summed E-state index contributed by atoms with van der Waals surface area (Å²) in [5, 5.41) is 1.15. The van der Waals surface area contributed by atoms with Crippen LogP contribution in [0.1, 0.15) is 26.6 Å². The number of pyridine rings is 1. The van der Waals surface area contributed by atoms with Gasteiger partial charge < -0.3 is 4.57 Å². The Morgan fingerprint density at radius 2 is 1.90 bits per heavy atom. The van der Waals surface area contributed by atoms with Gasteiger partial charge in [-0.05, 0) is 26.8 Å². The monoisotopic (exact) mass is 287 g/mol. The maximum Gasteiger partial charge on any atom is 0.111 e. The Hall–Kier alpha value is -1.61. The maximum atomic E-state index is 5.93. The van der Waals surface area contributed by atoms with Crippen LogP contribution in [0.5, 0.6) is 0 Å². The summed E-state index contributed by atoms with van der Waals surface area (Å²) in [6.45, 7) is 6.59. The van der Waals surface area contributed by atoms with Crippen LogP contribution in [0.25, 0.3) is 21.9 Å². The fraction of sp³-hybridized carbons (Fsp3) is 0.375. The molecule has 0 unspecified atom stereocenters. The first-order chi connectivity index (χ1) is 9.52. The van der Waals surface area contributed by atoms with Crippen molar-refractivity contribution >= 4 is 33.5 Å². The van der Waals surface area contributed by atoms with Gasteiger partial charge in [-0.3, -0.25) is 4.98 Å². The van der Waals surface area contributed by atoms with Gasteiger partial charge in [0.25, 0.3) is 0 Å². The van der Waals surface area contributed by atoms with Gasteiger partial charge in [0.1, 0.15) is 11.3 Å². The summed E-state index contributed by atoms with van der Waals surface area (Å²) in [4.78, 5) is 9.23. The van der Waals surface area contributed by atoms with Gasteiger partial charge in [0.2, 0.25) is 0 Å². The number of para-hydroxylation sites is 1. The Balaban J connectivity index is 2.46. The molecule has 20 heavy (non-hydrogen) atoms. The van der Waals surface area contributed by atoms with Gasteiger partial charge in [0.05, 0.1) is 17.2 Å². The molecule has 0 fully saturated rings. The summed E-state index contributed by atoms with van der Waals surface area (Å²) in [6.07, 6.45) is 2.62. The van der Waals surface area contributed by atoms with E-state index in [0.29, 0.717) is 5.88 Å². The van der Waals surface area contributed by atoms with Crippen molar-refractivity contribution in [2.24, 2.45) is 0 Å². The molecule has 3 nitrogen and oxygen atoms in total. The van der Waals surface area contributed by atoms with Crippen LogP contribution in [-0.4, -0.2) is 20.4 Å². The number of fused-ring (bicyclic) bond motifs is 3. The molecular formula is C16H18ClN3. The van der Waals surface area contributed by atoms with Crippen molar-refractivity contribution in [1.29, 1.82) is 0 Å². The van der Waals surface area contributed by atoms with E-state index >= 15 is 0 Å². The minimum atomic E-state index is -0.0414. The summed E-state index contributed by atoms with van der Waals surface area (Å²) >= 11 is 5.93. The lowest BCUT2D eigenvalue weighted by molar-refractivity contribution is 0.396. The van der Waals surface area contributed by atoms with Crippen molar-refractivity contribution in [2.45, 2.75) is 32.7 Å². The van der Waals surface area contributed by atoms with E-state index in [1.54, 1.807) is 0 Å². The zero-order chi connectivity index (χ0) is 14.3. The molecule has 3 rings (SSSR count). The summed E-state index contributed by atoms with van der Waals surface area (Å²) in [6, 6.07) is 8.21. The van der Waals surface area contributed by atoms with Crippen molar-refractivity contribution in [3.63, 3.8) is 0 Å². The summed E-state index contributed by atoms with van der Waals surface area (Å²) in [5.41, 5.74) is 3.06. The van der Waals surface area contributed by atoms with E-state index in [2.05, 4.69) is 36.4 Å². The minimum Gasteiger partial charge on any atom is -0.322 e. The first kappa shape index (κ1) is 13.4. The quantitative estimate of drug-likeness (QED) is 0.664. The SMILES string of the molecule is CC(C)(C)n1c(CCCl)nc2cnc3ccccc3c21. The second kappa shape index (κ2) is 4.74. The molecule has 0 amide bonds. The number of aromatic nitrogens is 3. The van der Waals surface area contributed by atoms with Gasteiger partial charge >= 0.3 is 0 Å². The van der Waals surface area contributed by atoms with Crippen LogP contribution in [0, 0.1) is 0 Å². The highest BCUT2D eigenvalue weighted by Gasteiger charge is 2.22. The zero-order valence-electron chi connectivity index (χ0n) is 12.0. The number of halogens is 1. The number of imidazole rings is 1. The molecule has 0 atom stereocenters. The van der Waals surface area contributed by atoms with Crippen molar-refractivity contribution < 1.29 is 0 Å². The molecule has 0 spiro atoms. The molecule has 0 bridgehead atoms. The Morgan fingerprint density at radius 3 is 2.60 bits per heavy atom. The highest BCUT2D eigenvalue weighted by molar-refractivity contribution is 6.18. The maximum absolute atomic E-state index is 5.93. The number of nitrogens with zero attached hydrogens (tertiary/aromatic N) is 3. The van der Waals surface area contributed by atoms with Gasteiger partial charge in [-0.25, -0.2) is 4.98 Å². The third kappa shape index (κ3) is 2.06. The lowest BCUT2D eigenvalue weighted by atomic mass is 10.1. The molecular weight excluding hydrogens is 270 g/mol. The molecule has 2 heterocycles. The van der Waals surface area contributed by atoms with Crippen molar-refractivity contribution in [1.82, 2.24) is 14.5 Å². The smallest absolute Gasteiger partial charge is 0.111 e. The van der Waals surface area contributed by atoms with E-state index in [9.17, 15) is 0 Å². The minimum absolute atomic E-state index is 0.0414. The van der Waals surface area contributed by atoms with E-state index in [1.807, 2.05) is 24.4 Å². The molecule has 104 valence electrons. The first-order valence-corrected chi connectivity index (χ1v) is 7.37. The zero-order valence-corrected chi connectivity index (χ0v) is 12.8. The largest absolute Gasteiger partial charge is 0.322 e. The summed E-state index contributed by atoms with van der Waals surface area (Å²) < 4.78 is 2.30. The third-order valence-electron chi connectivity index (χ3n) is 3.45. The van der Waals surface area contributed by atoms with E-state index in [0.717, 1.165) is 34.2 Å². The number of hydrogen-bond donors (Lipinski definition) is 0. The highest BCUT2D eigenvalue weighted by atomic mass is 35.5. The van der Waals surface area contributed by atoms with Gasteiger partial charge in [0, 0.05) is 23.2 Å². The van der Waals surface area contributed by atoms with Crippen LogP contribution in [0.2, 0.25) is 0 Å². The Morgan fingerprint density at radius 1 is 1.15 bits per heavy atom. The van der Waals surface area contributed by atoms with Crippen LogP contribution in [-0.2, 0) is 12.0 Å². The molecule has 0 aliphatic carbocycles. The summed E-state index contributed by atoms with van der Waals surface area (Å²) in [5.74, 6) is 1.60. The predicted molar refractivity (Wildman–Crippen MR) is 84.5 cm³/mol. The van der Waals surface area contributed by atoms with E-state index in [4.69, 9.17) is 16.6 Å². The van der Waals surface area contributed by atoms with Crippen LogP contribution in [0.15, 0.2) is 30.5 Å². The molecule has 0 saturated carbocycles. The van der Waals surface area contributed by atoms with Crippen LogP contribution in [0.3, 0.4) is 0 Å². The van der Waals surface area contributed by atoms with Crippen LogP contribution in [0.4, 0.5) is 0 Å². The van der Waals surface area contributed by atoms with E-state index < -0.39 is 0 Å². The van der Waals surface area contributed by atoms with Gasteiger partial charge in [-0.1, -0.05) is 18.2 Å². The Bertz CT molecular complexity index is 768. The number of hydrogen-bond acceptors (Lipinski definition) is 2. The van der Waals surface area contributed by atoms with Crippen LogP contribution >= 0.6 is 11.6 Å². The number of rotatable bonds is 2. The number of alkyl halides is 1. The van der Waals surface area contributed by atoms with Crippen LogP contribution < -0.4 is 0 Å². The second-order valence-electron chi connectivity index (χ2n) is 5.98. The van der Waals surface area contributed by atoms with Crippen molar-refractivity contribution in [3.8, 4) is 0 Å². The Kier molecular flexibility index (Phi) is 3.17. The topological polar surface area (TPSA) is 30.7 Å². The number of benzene rings is 1. The highest BCUT2D eigenvalue weighted by Crippen LogP contribution is 2.30. The predicted octanol–water partition coefficient (Wildman–Crippen LogP) is 4.12. The lowest BCUT2D eigenvalue weighted by Gasteiger charge is -2.25. The molecule has 4 heteroatoms. The summed E-state index contributed by atoms with van der Waals surface area (Å²) in [7, 11) is 0. The molecule has 3 aromatic rings. The third-order valence-corrected chi connectivity index (χ3v) is 3.64. The standard InChI is InChI=1S/C16H18ClN3/c1-16(2,3)20-14(8-9-17)19-13-10-18-12-7-5-4-6-11(12)15(13)20/h4-7,10H,8-9H2,1-3H3. The van der Waals surface area contributed by atoms with E-state index in [1.165, 1.54) is 0 Å². The van der Waals surface area contributed by atoms with Crippen molar-refractivity contribution in [3.05, 3.63) is 36.3 Å². The first-order valence-electron chi connectivity index (χ1n) is 6.84. The molecule has 0 saturated heterocycles. The van der Waals surface area contributed by atoms with E-state index in [-0.39, 0.29) is 5.54 Å².